The van der Waals surface area contributed by atoms with Gasteiger partial charge in [-0.25, -0.2) is 19.9 Å². The second kappa shape index (κ2) is 6.33. The van der Waals surface area contributed by atoms with E-state index in [1.807, 2.05) is 26.0 Å². The van der Waals surface area contributed by atoms with Gasteiger partial charge in [0.15, 0.2) is 5.82 Å². The molecule has 2 aromatic rings. The van der Waals surface area contributed by atoms with Crippen LogP contribution in [0.25, 0.3) is 11.5 Å². The number of aryl methyl sites for hydroxylation is 2. The average Bonchev–Trinajstić information content (AvgIpc) is 2.38. The molecule has 0 fully saturated rings. The van der Waals surface area contributed by atoms with Crippen molar-refractivity contribution in [3.63, 3.8) is 0 Å². The van der Waals surface area contributed by atoms with E-state index >= 15 is 0 Å². The molecule has 0 aliphatic carbocycles. The fraction of sp³-hybridized carbons (Fsp3) is 0.429. The molecule has 0 amide bonds. The van der Waals surface area contributed by atoms with E-state index in [4.69, 9.17) is 0 Å². The first kappa shape index (κ1) is 13.5. The van der Waals surface area contributed by atoms with Crippen LogP contribution < -0.4 is 5.32 Å². The lowest BCUT2D eigenvalue weighted by Crippen LogP contribution is -2.15. The maximum Gasteiger partial charge on any atom is 0.178 e. The van der Waals surface area contributed by atoms with Gasteiger partial charge in [-0.3, -0.25) is 0 Å². The summed E-state index contributed by atoms with van der Waals surface area (Å²) in [5, 5.41) is 3.35. The Morgan fingerprint density at radius 1 is 1.16 bits per heavy atom. The molecule has 19 heavy (non-hydrogen) atoms. The first-order valence-electron chi connectivity index (χ1n) is 6.54. The van der Waals surface area contributed by atoms with E-state index in [9.17, 15) is 0 Å². The van der Waals surface area contributed by atoms with Gasteiger partial charge < -0.3 is 5.32 Å². The average molecular weight is 257 g/mol. The summed E-state index contributed by atoms with van der Waals surface area (Å²) in [6.07, 6.45) is 2.85. The molecular weight excluding hydrogens is 238 g/mol. The van der Waals surface area contributed by atoms with Crippen LogP contribution in [0.2, 0.25) is 0 Å². The quantitative estimate of drug-likeness (QED) is 0.830. The number of nitrogens with zero attached hydrogens (tertiary/aromatic N) is 4. The van der Waals surface area contributed by atoms with Gasteiger partial charge in [0.1, 0.15) is 11.5 Å². The molecule has 5 nitrogen and oxygen atoms in total. The highest BCUT2D eigenvalue weighted by Gasteiger charge is 2.06. The van der Waals surface area contributed by atoms with Crippen molar-refractivity contribution in [1.82, 2.24) is 25.3 Å². The van der Waals surface area contributed by atoms with Crippen LogP contribution in [-0.4, -0.2) is 26.5 Å². The second-order valence-corrected chi connectivity index (χ2v) is 4.49. The molecular formula is C14H19N5. The molecule has 2 aromatic heterocycles. The van der Waals surface area contributed by atoms with Crippen molar-refractivity contribution < 1.29 is 0 Å². The summed E-state index contributed by atoms with van der Waals surface area (Å²) in [5.41, 5.74) is 2.72. The predicted molar refractivity (Wildman–Crippen MR) is 74.5 cm³/mol. The molecule has 5 heteroatoms. The van der Waals surface area contributed by atoms with E-state index in [0.29, 0.717) is 5.82 Å². The second-order valence-electron chi connectivity index (χ2n) is 4.49. The van der Waals surface area contributed by atoms with E-state index in [1.165, 1.54) is 0 Å². The zero-order chi connectivity index (χ0) is 13.7. The molecule has 1 N–H and O–H groups in total. The van der Waals surface area contributed by atoms with Gasteiger partial charge in [-0.2, -0.15) is 0 Å². The topological polar surface area (TPSA) is 63.6 Å². The SMILES string of the molecule is CCCNCc1cc(C)nc(-c2ccnc(C)n2)n1. The van der Waals surface area contributed by atoms with Crippen molar-refractivity contribution in [2.75, 3.05) is 6.54 Å². The monoisotopic (exact) mass is 257 g/mol. The van der Waals surface area contributed by atoms with Gasteiger partial charge in [0.2, 0.25) is 0 Å². The smallest absolute Gasteiger partial charge is 0.178 e. The fourth-order valence-corrected chi connectivity index (χ4v) is 1.81. The lowest BCUT2D eigenvalue weighted by atomic mass is 10.3. The number of nitrogens with one attached hydrogen (secondary N) is 1. The molecule has 0 atom stereocenters. The molecule has 2 rings (SSSR count). The van der Waals surface area contributed by atoms with E-state index in [2.05, 4.69) is 32.2 Å². The van der Waals surface area contributed by atoms with Gasteiger partial charge in [0.25, 0.3) is 0 Å². The summed E-state index contributed by atoms with van der Waals surface area (Å²) in [6.45, 7) is 7.73. The minimum Gasteiger partial charge on any atom is -0.311 e. The van der Waals surface area contributed by atoms with Gasteiger partial charge >= 0.3 is 0 Å². The summed E-state index contributed by atoms with van der Waals surface area (Å²) in [4.78, 5) is 17.5. The van der Waals surface area contributed by atoms with E-state index < -0.39 is 0 Å². The van der Waals surface area contributed by atoms with Crippen LogP contribution >= 0.6 is 0 Å². The Kier molecular flexibility index (Phi) is 4.52. The van der Waals surface area contributed by atoms with Crippen molar-refractivity contribution in [2.45, 2.75) is 33.7 Å². The third kappa shape index (κ3) is 3.79. The third-order valence-corrected chi connectivity index (χ3v) is 2.65. The predicted octanol–water partition coefficient (Wildman–Crippen LogP) is 2.05. The minimum atomic E-state index is 0.666. The summed E-state index contributed by atoms with van der Waals surface area (Å²) in [6, 6.07) is 3.84. The molecule has 0 aromatic carbocycles. The molecule has 0 spiro atoms. The molecule has 2 heterocycles. The summed E-state index contributed by atoms with van der Waals surface area (Å²) >= 11 is 0. The Balaban J connectivity index is 2.26. The van der Waals surface area contributed by atoms with E-state index in [1.54, 1.807) is 6.20 Å². The lowest BCUT2D eigenvalue weighted by Gasteiger charge is -2.06. The van der Waals surface area contributed by atoms with Gasteiger partial charge in [-0.15, -0.1) is 0 Å². The molecule has 100 valence electrons. The van der Waals surface area contributed by atoms with Gasteiger partial charge in [-0.05, 0) is 38.9 Å². The molecule has 0 saturated carbocycles. The highest BCUT2D eigenvalue weighted by Crippen LogP contribution is 2.13. The first-order valence-corrected chi connectivity index (χ1v) is 6.54. The van der Waals surface area contributed by atoms with Crippen LogP contribution in [0.3, 0.4) is 0 Å². The molecule has 0 unspecified atom stereocenters. The Bertz CT molecular complexity index is 553. The van der Waals surface area contributed by atoms with Gasteiger partial charge in [0.05, 0.1) is 5.69 Å². The fourth-order valence-electron chi connectivity index (χ4n) is 1.81. The molecule has 0 bridgehead atoms. The number of aromatic nitrogens is 4. The summed E-state index contributed by atoms with van der Waals surface area (Å²) in [7, 11) is 0. The van der Waals surface area contributed by atoms with Crippen LogP contribution in [0, 0.1) is 13.8 Å². The van der Waals surface area contributed by atoms with Crippen LogP contribution in [0.1, 0.15) is 30.6 Å². The van der Waals surface area contributed by atoms with E-state index in [-0.39, 0.29) is 0 Å². The van der Waals surface area contributed by atoms with Crippen LogP contribution in [-0.2, 0) is 6.54 Å². The van der Waals surface area contributed by atoms with Gasteiger partial charge in [0, 0.05) is 18.4 Å². The van der Waals surface area contributed by atoms with Crippen LogP contribution in [0.15, 0.2) is 18.3 Å². The maximum absolute atomic E-state index is 4.55. The van der Waals surface area contributed by atoms with Crippen molar-refractivity contribution >= 4 is 0 Å². The Morgan fingerprint density at radius 3 is 2.74 bits per heavy atom. The van der Waals surface area contributed by atoms with E-state index in [0.717, 1.165) is 42.4 Å². The Labute approximate surface area is 113 Å². The van der Waals surface area contributed by atoms with Crippen LogP contribution in [0.5, 0.6) is 0 Å². The number of hydrogen-bond donors (Lipinski definition) is 1. The number of hydrogen-bond acceptors (Lipinski definition) is 5. The zero-order valence-electron chi connectivity index (χ0n) is 11.6. The van der Waals surface area contributed by atoms with Crippen molar-refractivity contribution in [1.29, 1.82) is 0 Å². The minimum absolute atomic E-state index is 0.666. The molecule has 0 saturated heterocycles. The summed E-state index contributed by atoms with van der Waals surface area (Å²) in [5.74, 6) is 1.40. The standard InChI is InChI=1S/C14H19N5/c1-4-6-15-9-12-8-10(2)17-14(19-12)13-5-7-16-11(3)18-13/h5,7-8,15H,4,6,9H2,1-3H3. The summed E-state index contributed by atoms with van der Waals surface area (Å²) < 4.78 is 0. The lowest BCUT2D eigenvalue weighted by molar-refractivity contribution is 0.662. The third-order valence-electron chi connectivity index (χ3n) is 2.65. The van der Waals surface area contributed by atoms with Gasteiger partial charge in [-0.1, -0.05) is 6.92 Å². The number of rotatable bonds is 5. The Hall–Kier alpha value is -1.88. The van der Waals surface area contributed by atoms with Crippen molar-refractivity contribution in [3.05, 3.63) is 35.5 Å². The normalized spacial score (nSPS) is 10.7. The molecule has 0 radical (unpaired) electrons. The van der Waals surface area contributed by atoms with Crippen molar-refractivity contribution in [3.8, 4) is 11.5 Å². The first-order chi connectivity index (χ1) is 9.19. The van der Waals surface area contributed by atoms with Crippen molar-refractivity contribution in [2.24, 2.45) is 0 Å². The highest BCUT2D eigenvalue weighted by atomic mass is 15.0. The zero-order valence-corrected chi connectivity index (χ0v) is 11.6. The maximum atomic E-state index is 4.55. The molecule has 0 aliphatic rings. The van der Waals surface area contributed by atoms with Crippen LogP contribution in [0.4, 0.5) is 0 Å². The Morgan fingerprint density at radius 2 is 2.00 bits per heavy atom. The highest BCUT2D eigenvalue weighted by molar-refractivity contribution is 5.48. The molecule has 0 aliphatic heterocycles. The largest absolute Gasteiger partial charge is 0.311 e.